The average Bonchev–Trinajstić information content (AvgIpc) is 2.92. The van der Waals surface area contributed by atoms with Gasteiger partial charge in [-0.1, -0.05) is 31.2 Å². The highest BCUT2D eigenvalue weighted by Gasteiger charge is 2.20. The lowest BCUT2D eigenvalue weighted by atomic mass is 10.1. The van der Waals surface area contributed by atoms with E-state index in [4.69, 9.17) is 0 Å². The van der Waals surface area contributed by atoms with Crippen molar-refractivity contribution in [2.75, 3.05) is 11.4 Å². The number of aromatic nitrogens is 2. The van der Waals surface area contributed by atoms with Crippen LogP contribution in [0.4, 0.5) is 5.95 Å². The fourth-order valence-electron chi connectivity index (χ4n) is 2.49. The van der Waals surface area contributed by atoms with Crippen molar-refractivity contribution in [2.45, 2.75) is 33.0 Å². The second-order valence-electron chi connectivity index (χ2n) is 5.19. The van der Waals surface area contributed by atoms with E-state index >= 15 is 0 Å². The third kappa shape index (κ3) is 2.80. The molecule has 3 rings (SSSR count). The molecule has 0 fully saturated rings. The zero-order chi connectivity index (χ0) is 13.8. The Morgan fingerprint density at radius 3 is 2.35 bits per heavy atom. The number of rotatable bonds is 5. The van der Waals surface area contributed by atoms with Gasteiger partial charge in [0.15, 0.2) is 0 Å². The van der Waals surface area contributed by atoms with Gasteiger partial charge in [-0.2, -0.15) is 0 Å². The van der Waals surface area contributed by atoms with Gasteiger partial charge >= 0.3 is 0 Å². The maximum absolute atomic E-state index is 4.50. The van der Waals surface area contributed by atoms with E-state index in [9.17, 15) is 0 Å². The Kier molecular flexibility index (Phi) is 3.92. The van der Waals surface area contributed by atoms with E-state index in [2.05, 4.69) is 51.4 Å². The van der Waals surface area contributed by atoms with Gasteiger partial charge in [-0.25, -0.2) is 9.97 Å². The largest absolute Gasteiger partial charge is 0.332 e. The molecule has 0 bridgehead atoms. The van der Waals surface area contributed by atoms with Gasteiger partial charge in [0.05, 0.1) is 0 Å². The van der Waals surface area contributed by atoms with Crippen molar-refractivity contribution in [2.24, 2.45) is 0 Å². The number of benzene rings is 1. The maximum Gasteiger partial charge on any atom is 0.225 e. The molecule has 0 unspecified atom stereocenters. The zero-order valence-electron chi connectivity index (χ0n) is 11.8. The van der Waals surface area contributed by atoms with Crippen LogP contribution in [0.25, 0.3) is 0 Å². The smallest absolute Gasteiger partial charge is 0.225 e. The molecule has 1 aliphatic rings. The Hall–Kier alpha value is -1.94. The minimum atomic E-state index is 0.820. The molecular weight excluding hydrogens is 248 g/mol. The Balaban J connectivity index is 1.65. The minimum absolute atomic E-state index is 0.820. The summed E-state index contributed by atoms with van der Waals surface area (Å²) in [6, 6.07) is 8.54. The molecule has 0 amide bonds. The summed E-state index contributed by atoms with van der Waals surface area (Å²) >= 11 is 0. The molecule has 2 aromatic rings. The second kappa shape index (κ2) is 6.01. The highest BCUT2D eigenvalue weighted by molar-refractivity contribution is 5.43. The molecule has 1 aromatic carbocycles. The summed E-state index contributed by atoms with van der Waals surface area (Å²) < 4.78 is 0. The van der Waals surface area contributed by atoms with Gasteiger partial charge in [-0.05, 0) is 24.1 Å². The first-order valence-corrected chi connectivity index (χ1v) is 7.20. The molecule has 1 aromatic heterocycles. The Labute approximate surface area is 119 Å². The summed E-state index contributed by atoms with van der Waals surface area (Å²) in [6.07, 6.45) is 4.99. The van der Waals surface area contributed by atoms with Crippen LogP contribution in [-0.2, 0) is 19.6 Å². The van der Waals surface area contributed by atoms with Gasteiger partial charge in [-0.15, -0.1) is 0 Å². The van der Waals surface area contributed by atoms with E-state index in [1.165, 1.54) is 11.1 Å². The molecule has 1 aliphatic heterocycles. The number of hydrogen-bond acceptors (Lipinski definition) is 4. The van der Waals surface area contributed by atoms with Crippen LogP contribution in [0.3, 0.4) is 0 Å². The van der Waals surface area contributed by atoms with Crippen LogP contribution in [0.15, 0.2) is 36.7 Å². The van der Waals surface area contributed by atoms with Crippen LogP contribution in [0.1, 0.15) is 30.0 Å². The predicted octanol–water partition coefficient (Wildman–Crippen LogP) is 2.50. The molecule has 1 N–H and O–H groups in total. The van der Waals surface area contributed by atoms with Crippen LogP contribution in [0, 0.1) is 0 Å². The SMILES string of the molecule is CCCNCc1cnc(N2Cc3ccccc3C2)nc1. The highest BCUT2D eigenvalue weighted by Crippen LogP contribution is 2.25. The topological polar surface area (TPSA) is 41.1 Å². The van der Waals surface area contributed by atoms with Crippen LogP contribution in [0.2, 0.25) is 0 Å². The lowest BCUT2D eigenvalue weighted by molar-refractivity contribution is 0.671. The number of hydrogen-bond donors (Lipinski definition) is 1. The third-order valence-corrected chi connectivity index (χ3v) is 3.57. The summed E-state index contributed by atoms with van der Waals surface area (Å²) in [6.45, 7) is 5.85. The molecule has 0 radical (unpaired) electrons. The van der Waals surface area contributed by atoms with Gasteiger partial charge in [0.25, 0.3) is 0 Å². The van der Waals surface area contributed by atoms with Crippen LogP contribution < -0.4 is 10.2 Å². The van der Waals surface area contributed by atoms with Crippen LogP contribution in [-0.4, -0.2) is 16.5 Å². The normalized spacial score (nSPS) is 13.6. The molecule has 0 saturated carbocycles. The van der Waals surface area contributed by atoms with Gasteiger partial charge in [-0.3, -0.25) is 0 Å². The predicted molar refractivity (Wildman–Crippen MR) is 80.4 cm³/mol. The van der Waals surface area contributed by atoms with E-state index in [-0.39, 0.29) is 0 Å². The fraction of sp³-hybridized carbons (Fsp3) is 0.375. The molecule has 0 spiro atoms. The van der Waals surface area contributed by atoms with Crippen LogP contribution in [0.5, 0.6) is 0 Å². The number of fused-ring (bicyclic) bond motifs is 1. The minimum Gasteiger partial charge on any atom is -0.332 e. The maximum atomic E-state index is 4.50. The van der Waals surface area contributed by atoms with Crippen LogP contribution >= 0.6 is 0 Å². The molecular formula is C16H20N4. The van der Waals surface area contributed by atoms with Crippen molar-refractivity contribution in [1.82, 2.24) is 15.3 Å². The Bertz CT molecular complexity index is 540. The number of nitrogens with zero attached hydrogens (tertiary/aromatic N) is 3. The summed E-state index contributed by atoms with van der Waals surface area (Å²) in [5.41, 5.74) is 3.90. The molecule has 0 aliphatic carbocycles. The van der Waals surface area contributed by atoms with E-state index < -0.39 is 0 Å². The average molecular weight is 268 g/mol. The number of nitrogens with one attached hydrogen (secondary N) is 1. The third-order valence-electron chi connectivity index (χ3n) is 3.57. The highest BCUT2D eigenvalue weighted by atomic mass is 15.3. The summed E-state index contributed by atoms with van der Waals surface area (Å²) in [4.78, 5) is 11.2. The van der Waals surface area contributed by atoms with Crippen molar-refractivity contribution in [1.29, 1.82) is 0 Å². The first kappa shape index (κ1) is 13.1. The lowest BCUT2D eigenvalue weighted by Gasteiger charge is -2.15. The molecule has 2 heterocycles. The Morgan fingerprint density at radius 2 is 1.75 bits per heavy atom. The molecule has 20 heavy (non-hydrogen) atoms. The van der Waals surface area contributed by atoms with E-state index in [1.807, 2.05) is 12.4 Å². The fourth-order valence-corrected chi connectivity index (χ4v) is 2.49. The monoisotopic (exact) mass is 268 g/mol. The summed E-state index contributed by atoms with van der Waals surface area (Å²) in [7, 11) is 0. The first-order valence-electron chi connectivity index (χ1n) is 7.20. The second-order valence-corrected chi connectivity index (χ2v) is 5.19. The lowest BCUT2D eigenvalue weighted by Crippen LogP contribution is -2.18. The van der Waals surface area contributed by atoms with E-state index in [0.29, 0.717) is 0 Å². The Morgan fingerprint density at radius 1 is 1.10 bits per heavy atom. The zero-order valence-corrected chi connectivity index (χ0v) is 11.8. The van der Waals surface area contributed by atoms with E-state index in [0.717, 1.165) is 44.1 Å². The van der Waals surface area contributed by atoms with Gasteiger partial charge in [0.2, 0.25) is 5.95 Å². The van der Waals surface area contributed by atoms with Crippen molar-refractivity contribution in [3.63, 3.8) is 0 Å². The van der Waals surface area contributed by atoms with Gasteiger partial charge in [0, 0.05) is 37.6 Å². The quantitative estimate of drug-likeness (QED) is 0.846. The molecule has 0 atom stereocenters. The molecule has 4 nitrogen and oxygen atoms in total. The standard InChI is InChI=1S/C16H20N4/c1-2-7-17-8-13-9-18-16(19-10-13)20-11-14-5-3-4-6-15(14)12-20/h3-6,9-10,17H,2,7-8,11-12H2,1H3. The van der Waals surface area contributed by atoms with Gasteiger partial charge < -0.3 is 10.2 Å². The molecule has 0 saturated heterocycles. The van der Waals surface area contributed by atoms with Crippen molar-refractivity contribution < 1.29 is 0 Å². The summed E-state index contributed by atoms with van der Waals surface area (Å²) in [5.74, 6) is 0.820. The van der Waals surface area contributed by atoms with Crippen molar-refractivity contribution >= 4 is 5.95 Å². The van der Waals surface area contributed by atoms with Gasteiger partial charge in [0.1, 0.15) is 0 Å². The molecule has 4 heteroatoms. The van der Waals surface area contributed by atoms with E-state index in [1.54, 1.807) is 0 Å². The molecule has 104 valence electrons. The van der Waals surface area contributed by atoms with Crippen molar-refractivity contribution in [3.05, 3.63) is 53.3 Å². The van der Waals surface area contributed by atoms with Crippen molar-refractivity contribution in [3.8, 4) is 0 Å². The first-order chi connectivity index (χ1) is 9.86. The number of anilines is 1. The summed E-state index contributed by atoms with van der Waals surface area (Å²) in [5, 5.41) is 3.36.